The van der Waals surface area contributed by atoms with Gasteiger partial charge in [0.15, 0.2) is 5.11 Å². The molecule has 0 atom stereocenters. The fourth-order valence-electron chi connectivity index (χ4n) is 3.47. The number of benzene rings is 1. The number of nitrogens with zero attached hydrogens (tertiary/aromatic N) is 3. The van der Waals surface area contributed by atoms with Crippen molar-refractivity contribution in [1.82, 2.24) is 10.2 Å². The van der Waals surface area contributed by atoms with Crippen molar-refractivity contribution >= 4 is 34.8 Å². The summed E-state index contributed by atoms with van der Waals surface area (Å²) in [5.74, 6) is -16.2. The van der Waals surface area contributed by atoms with E-state index in [2.05, 4.69) is 0 Å². The number of carbonyl (C=O) groups is 2. The van der Waals surface area contributed by atoms with Gasteiger partial charge in [0.1, 0.15) is 5.54 Å². The van der Waals surface area contributed by atoms with Crippen LogP contribution in [0.1, 0.15) is 37.8 Å². The van der Waals surface area contributed by atoms with E-state index in [0.717, 1.165) is 17.0 Å². The molecule has 1 saturated heterocycles. The summed E-state index contributed by atoms with van der Waals surface area (Å²) < 4.78 is 129. The van der Waals surface area contributed by atoms with Gasteiger partial charge >= 0.3 is 24.2 Å². The molecule has 1 aromatic rings. The summed E-state index contributed by atoms with van der Waals surface area (Å²) in [5.41, 5.74) is -3.67. The molecular weight excluding hydrogens is 562 g/mol. The fraction of sp³-hybridized carbons (Fsp3) is 0.524. The predicted molar refractivity (Wildman–Crippen MR) is 115 cm³/mol. The minimum absolute atomic E-state index is 0.0482. The van der Waals surface area contributed by atoms with Crippen molar-refractivity contribution < 1.29 is 53.5 Å². The Morgan fingerprint density at radius 3 is 2.13 bits per heavy atom. The Labute approximate surface area is 214 Å². The molecule has 0 spiro atoms. The maximum absolute atomic E-state index is 13.4. The third-order valence-electron chi connectivity index (χ3n) is 5.64. The Balaban J connectivity index is 2.09. The minimum atomic E-state index is -6.67. The van der Waals surface area contributed by atoms with Crippen molar-refractivity contribution in [1.29, 1.82) is 5.26 Å². The summed E-state index contributed by atoms with van der Waals surface area (Å²) >= 11 is 5.24. The molecule has 1 aromatic carbocycles. The summed E-state index contributed by atoms with van der Waals surface area (Å²) in [7, 11) is 0. The molecule has 1 heterocycles. The van der Waals surface area contributed by atoms with Crippen LogP contribution in [-0.4, -0.2) is 58.5 Å². The van der Waals surface area contributed by atoms with Crippen LogP contribution in [0.15, 0.2) is 18.2 Å². The second-order valence-corrected chi connectivity index (χ2v) is 8.95. The highest BCUT2D eigenvalue weighted by atomic mass is 32.1. The van der Waals surface area contributed by atoms with Crippen molar-refractivity contribution in [2.75, 3.05) is 18.0 Å². The van der Waals surface area contributed by atoms with E-state index in [1.54, 1.807) is 0 Å². The summed E-state index contributed by atoms with van der Waals surface area (Å²) in [5, 5.41) is 10.0. The van der Waals surface area contributed by atoms with Gasteiger partial charge in [-0.1, -0.05) is 0 Å². The maximum atomic E-state index is 13.4. The first-order chi connectivity index (χ1) is 17.1. The summed E-state index contributed by atoms with van der Waals surface area (Å²) in [6.07, 6.45) is -11.9. The third kappa shape index (κ3) is 5.49. The first-order valence-electron chi connectivity index (χ1n) is 10.5. The molecule has 1 aliphatic rings. The molecule has 210 valence electrons. The number of nitriles is 1. The van der Waals surface area contributed by atoms with Gasteiger partial charge in [-0.25, -0.2) is 0 Å². The van der Waals surface area contributed by atoms with Crippen molar-refractivity contribution in [3.05, 3.63) is 29.3 Å². The number of alkyl halides is 10. The molecular formula is C21H18F10N4O2S. The topological polar surface area (TPSA) is 76.4 Å². The molecule has 0 aromatic heterocycles. The molecule has 6 nitrogen and oxygen atoms in total. The van der Waals surface area contributed by atoms with Crippen molar-refractivity contribution in [2.24, 2.45) is 0 Å². The van der Waals surface area contributed by atoms with Gasteiger partial charge in [-0.2, -0.15) is 49.2 Å². The maximum Gasteiger partial charge on any atom is 0.460 e. The van der Waals surface area contributed by atoms with Crippen LogP contribution in [0, 0.1) is 11.3 Å². The van der Waals surface area contributed by atoms with Crippen LogP contribution in [0.5, 0.6) is 0 Å². The molecule has 38 heavy (non-hydrogen) atoms. The smallest absolute Gasteiger partial charge is 0.351 e. The summed E-state index contributed by atoms with van der Waals surface area (Å²) in [6.45, 7) is 1.92. The number of rotatable bonds is 8. The SMILES string of the molecule is CC1(C)C(=O)N(c2ccc(C#N)c(C(F)(F)F)c2)C(=S)N1CCCCNC(=O)C(F)(F)C(F)(F)C(F)(F)F. The van der Waals surface area contributed by atoms with E-state index in [1.165, 1.54) is 30.1 Å². The Morgan fingerprint density at radius 2 is 1.63 bits per heavy atom. The van der Waals surface area contributed by atoms with Gasteiger partial charge in [0, 0.05) is 13.1 Å². The van der Waals surface area contributed by atoms with Crippen LogP contribution in [-0.2, 0) is 15.8 Å². The zero-order valence-corrected chi connectivity index (χ0v) is 20.2. The van der Waals surface area contributed by atoms with Gasteiger partial charge in [-0.15, -0.1) is 0 Å². The molecule has 17 heteroatoms. The first kappa shape index (κ1) is 31.1. The molecule has 0 bridgehead atoms. The second-order valence-electron chi connectivity index (χ2n) is 8.58. The third-order valence-corrected chi connectivity index (χ3v) is 6.04. The zero-order valence-electron chi connectivity index (χ0n) is 19.4. The molecule has 1 N–H and O–H groups in total. The van der Waals surface area contributed by atoms with Gasteiger partial charge in [-0.05, 0) is 57.1 Å². The van der Waals surface area contributed by atoms with E-state index in [4.69, 9.17) is 17.5 Å². The lowest BCUT2D eigenvalue weighted by Gasteiger charge is -2.29. The molecule has 0 aliphatic carbocycles. The number of unbranched alkanes of at least 4 members (excludes halogenated alkanes) is 1. The number of anilines is 1. The Bertz CT molecular complexity index is 1160. The van der Waals surface area contributed by atoms with E-state index >= 15 is 0 Å². The van der Waals surface area contributed by atoms with Crippen molar-refractivity contribution in [2.45, 2.75) is 56.4 Å². The van der Waals surface area contributed by atoms with E-state index in [-0.39, 0.29) is 30.2 Å². The quantitative estimate of drug-likeness (QED) is 0.266. The normalized spacial score (nSPS) is 16.6. The van der Waals surface area contributed by atoms with E-state index in [1.807, 2.05) is 0 Å². The molecule has 2 rings (SSSR count). The van der Waals surface area contributed by atoms with Gasteiger partial charge in [0.05, 0.1) is 22.9 Å². The van der Waals surface area contributed by atoms with Gasteiger partial charge < -0.3 is 10.2 Å². The highest BCUT2D eigenvalue weighted by molar-refractivity contribution is 7.80. The largest absolute Gasteiger partial charge is 0.460 e. The van der Waals surface area contributed by atoms with Crippen LogP contribution in [0.3, 0.4) is 0 Å². The molecule has 0 saturated carbocycles. The lowest BCUT2D eigenvalue weighted by molar-refractivity contribution is -0.344. The van der Waals surface area contributed by atoms with E-state index in [9.17, 15) is 53.5 Å². The average molecular weight is 580 g/mol. The molecule has 0 unspecified atom stereocenters. The van der Waals surface area contributed by atoms with Crippen LogP contribution in [0.25, 0.3) is 0 Å². The number of nitrogens with one attached hydrogen (secondary N) is 1. The van der Waals surface area contributed by atoms with Crippen molar-refractivity contribution in [3.8, 4) is 6.07 Å². The lowest BCUT2D eigenvalue weighted by Crippen LogP contribution is -2.59. The Morgan fingerprint density at radius 1 is 1.05 bits per heavy atom. The van der Waals surface area contributed by atoms with Crippen LogP contribution < -0.4 is 10.2 Å². The van der Waals surface area contributed by atoms with Crippen LogP contribution in [0.2, 0.25) is 0 Å². The summed E-state index contributed by atoms with van der Waals surface area (Å²) in [6, 6.07) is 3.93. The second kappa shape index (κ2) is 10.2. The summed E-state index contributed by atoms with van der Waals surface area (Å²) in [4.78, 5) is 26.4. The molecule has 0 radical (unpaired) electrons. The van der Waals surface area contributed by atoms with E-state index < -0.39 is 59.2 Å². The molecule has 1 fully saturated rings. The number of thiocarbonyl (C=S) groups is 1. The minimum Gasteiger partial charge on any atom is -0.351 e. The first-order valence-corrected chi connectivity index (χ1v) is 10.9. The highest BCUT2D eigenvalue weighted by Crippen LogP contribution is 2.46. The van der Waals surface area contributed by atoms with Gasteiger partial charge in [0.25, 0.3) is 11.8 Å². The number of hydrogen-bond acceptors (Lipinski definition) is 4. The van der Waals surface area contributed by atoms with Gasteiger partial charge in [-0.3, -0.25) is 14.5 Å². The Kier molecular flexibility index (Phi) is 8.33. The van der Waals surface area contributed by atoms with Crippen molar-refractivity contribution in [3.63, 3.8) is 0 Å². The monoisotopic (exact) mass is 580 g/mol. The standard InChI is InChI=1S/C21H18F10N4O2S/c1-17(2)15(37)35(12-6-5-11(10-32)13(9-12)19(24,25)26)16(38)34(17)8-4-3-7-33-14(36)18(22,23)20(27,28)21(29,30)31/h5-6,9H,3-4,7-8H2,1-2H3,(H,33,36). The van der Waals surface area contributed by atoms with E-state index in [0.29, 0.717) is 6.07 Å². The van der Waals surface area contributed by atoms with Gasteiger partial charge in [0.2, 0.25) is 0 Å². The average Bonchev–Trinajstić information content (AvgIpc) is 2.95. The Hall–Kier alpha value is -3.16. The zero-order chi connectivity index (χ0) is 29.5. The fourth-order valence-corrected chi connectivity index (χ4v) is 3.98. The number of halogens is 10. The molecule has 1 aliphatic heterocycles. The lowest BCUT2D eigenvalue weighted by atomic mass is 10.0. The van der Waals surface area contributed by atoms with Crippen LogP contribution >= 0.6 is 12.2 Å². The van der Waals surface area contributed by atoms with Crippen LogP contribution in [0.4, 0.5) is 49.6 Å². The highest BCUT2D eigenvalue weighted by Gasteiger charge is 2.76. The molecule has 2 amide bonds. The number of carbonyl (C=O) groups excluding carboxylic acids is 2. The number of amides is 2. The predicted octanol–water partition coefficient (Wildman–Crippen LogP) is 5.02. The number of hydrogen-bond donors (Lipinski definition) is 1.